The van der Waals surface area contributed by atoms with Gasteiger partial charge in [0.1, 0.15) is 0 Å². The third kappa shape index (κ3) is 1.78. The highest BCUT2D eigenvalue weighted by molar-refractivity contribution is 6.33. The fourth-order valence-corrected chi connectivity index (χ4v) is 1.47. The van der Waals surface area contributed by atoms with E-state index in [1.165, 1.54) is 0 Å². The zero-order valence-corrected chi connectivity index (χ0v) is 8.94. The second-order valence-electron chi connectivity index (χ2n) is 3.05. The molecule has 0 amide bonds. The maximum atomic E-state index is 5.92. The van der Waals surface area contributed by atoms with E-state index in [4.69, 9.17) is 17.3 Å². The van der Waals surface area contributed by atoms with Gasteiger partial charge in [-0.15, -0.1) is 5.10 Å². The highest BCUT2D eigenvalue weighted by Gasteiger charge is 2.08. The van der Waals surface area contributed by atoms with Crippen molar-refractivity contribution in [2.45, 2.75) is 13.5 Å². The molecule has 1 aromatic heterocycles. The molecule has 0 aliphatic rings. The van der Waals surface area contributed by atoms with Crippen LogP contribution >= 0.6 is 11.6 Å². The number of nitrogens with two attached hydrogens (primary N) is 1. The fourth-order valence-electron chi connectivity index (χ4n) is 1.29. The third-order valence-corrected chi connectivity index (χ3v) is 2.42. The summed E-state index contributed by atoms with van der Waals surface area (Å²) in [5.74, 6) is 0.694. The zero-order chi connectivity index (χ0) is 10.8. The van der Waals surface area contributed by atoms with Crippen molar-refractivity contribution >= 4 is 17.3 Å². The number of aromatic nitrogens is 4. The Morgan fingerprint density at radius 1 is 1.47 bits per heavy atom. The molecule has 1 aromatic carbocycles. The Bertz CT molecular complexity index is 479. The van der Waals surface area contributed by atoms with Gasteiger partial charge in [0.05, 0.1) is 10.7 Å². The molecule has 0 aliphatic carbocycles. The van der Waals surface area contributed by atoms with Gasteiger partial charge in [-0.05, 0) is 35.5 Å². The quantitative estimate of drug-likeness (QED) is 0.785. The van der Waals surface area contributed by atoms with Crippen LogP contribution in [0.3, 0.4) is 0 Å². The SMILES string of the molecule is CCn1nnnc1-c1ccc(N)c(Cl)c1. The largest absolute Gasteiger partial charge is 0.398 e. The Labute approximate surface area is 91.8 Å². The lowest BCUT2D eigenvalue weighted by molar-refractivity contribution is 0.631. The smallest absolute Gasteiger partial charge is 0.182 e. The Morgan fingerprint density at radius 3 is 2.93 bits per heavy atom. The second-order valence-corrected chi connectivity index (χ2v) is 3.46. The van der Waals surface area contributed by atoms with E-state index in [1.54, 1.807) is 16.8 Å². The molecule has 2 N–H and O–H groups in total. The first kappa shape index (κ1) is 9.92. The molecule has 0 spiro atoms. The van der Waals surface area contributed by atoms with Crippen LogP contribution in [0.5, 0.6) is 0 Å². The van der Waals surface area contributed by atoms with Crippen molar-refractivity contribution < 1.29 is 0 Å². The number of halogens is 1. The molecule has 0 bridgehead atoms. The molecular weight excluding hydrogens is 214 g/mol. The van der Waals surface area contributed by atoms with Crippen molar-refractivity contribution in [2.24, 2.45) is 0 Å². The lowest BCUT2D eigenvalue weighted by atomic mass is 10.2. The van der Waals surface area contributed by atoms with Crippen molar-refractivity contribution in [3.05, 3.63) is 23.2 Å². The molecule has 78 valence electrons. The highest BCUT2D eigenvalue weighted by atomic mass is 35.5. The maximum Gasteiger partial charge on any atom is 0.182 e. The van der Waals surface area contributed by atoms with Gasteiger partial charge in [-0.2, -0.15) is 0 Å². The van der Waals surface area contributed by atoms with Gasteiger partial charge in [-0.1, -0.05) is 11.6 Å². The summed E-state index contributed by atoms with van der Waals surface area (Å²) in [6.07, 6.45) is 0. The first-order chi connectivity index (χ1) is 7.22. The van der Waals surface area contributed by atoms with E-state index in [0.717, 1.165) is 5.56 Å². The highest BCUT2D eigenvalue weighted by Crippen LogP contribution is 2.25. The van der Waals surface area contributed by atoms with Gasteiger partial charge in [0.15, 0.2) is 5.82 Å². The number of hydrogen-bond donors (Lipinski definition) is 1. The second kappa shape index (κ2) is 3.86. The summed E-state index contributed by atoms with van der Waals surface area (Å²) < 4.78 is 1.70. The molecule has 0 aliphatic heterocycles. The minimum absolute atomic E-state index is 0.512. The number of anilines is 1. The number of hydrogen-bond acceptors (Lipinski definition) is 4. The summed E-state index contributed by atoms with van der Waals surface area (Å²) in [6.45, 7) is 2.68. The lowest BCUT2D eigenvalue weighted by Crippen LogP contribution is -2.00. The lowest BCUT2D eigenvalue weighted by Gasteiger charge is -2.03. The van der Waals surface area contributed by atoms with Crippen molar-refractivity contribution in [3.8, 4) is 11.4 Å². The topological polar surface area (TPSA) is 69.6 Å². The summed E-state index contributed by atoms with van der Waals surface area (Å²) >= 11 is 5.92. The minimum atomic E-state index is 0.512. The normalized spacial score (nSPS) is 10.5. The van der Waals surface area contributed by atoms with Crippen LogP contribution in [0.4, 0.5) is 5.69 Å². The van der Waals surface area contributed by atoms with E-state index < -0.39 is 0 Å². The zero-order valence-electron chi connectivity index (χ0n) is 8.18. The molecule has 6 heteroatoms. The van der Waals surface area contributed by atoms with E-state index in [2.05, 4.69) is 15.5 Å². The molecule has 0 fully saturated rings. The number of nitrogens with zero attached hydrogens (tertiary/aromatic N) is 4. The van der Waals surface area contributed by atoms with Crippen LogP contribution < -0.4 is 5.73 Å². The number of nitrogen functional groups attached to an aromatic ring is 1. The fraction of sp³-hybridized carbons (Fsp3) is 0.222. The Balaban J connectivity index is 2.50. The molecule has 0 saturated carbocycles. The van der Waals surface area contributed by atoms with Gasteiger partial charge in [0.2, 0.25) is 0 Å². The Morgan fingerprint density at radius 2 is 2.27 bits per heavy atom. The predicted molar refractivity (Wildman–Crippen MR) is 58.3 cm³/mol. The summed E-state index contributed by atoms with van der Waals surface area (Å²) in [5, 5.41) is 11.9. The number of tetrazole rings is 1. The number of aryl methyl sites for hydroxylation is 1. The summed E-state index contributed by atoms with van der Waals surface area (Å²) in [7, 11) is 0. The van der Waals surface area contributed by atoms with Crippen molar-refractivity contribution in [1.29, 1.82) is 0 Å². The molecule has 15 heavy (non-hydrogen) atoms. The summed E-state index contributed by atoms with van der Waals surface area (Å²) in [5.41, 5.74) is 7.04. The Kier molecular flexibility index (Phi) is 2.55. The molecule has 0 unspecified atom stereocenters. The standard InChI is InChI=1S/C9H10ClN5/c1-2-15-9(12-13-14-15)6-3-4-8(11)7(10)5-6/h3-5H,2,11H2,1H3. The van der Waals surface area contributed by atoms with Gasteiger partial charge in [0, 0.05) is 12.1 Å². The first-order valence-corrected chi connectivity index (χ1v) is 4.91. The minimum Gasteiger partial charge on any atom is -0.398 e. The summed E-state index contributed by atoms with van der Waals surface area (Å²) in [4.78, 5) is 0. The summed E-state index contributed by atoms with van der Waals surface area (Å²) in [6, 6.07) is 5.35. The van der Waals surface area contributed by atoms with Gasteiger partial charge in [-0.25, -0.2) is 4.68 Å². The molecular formula is C9H10ClN5. The number of rotatable bonds is 2. The van der Waals surface area contributed by atoms with E-state index in [0.29, 0.717) is 23.1 Å². The van der Waals surface area contributed by atoms with Crippen LogP contribution in [0.2, 0.25) is 5.02 Å². The van der Waals surface area contributed by atoms with E-state index >= 15 is 0 Å². The van der Waals surface area contributed by atoms with Crippen LogP contribution in [0, 0.1) is 0 Å². The molecule has 2 rings (SSSR count). The van der Waals surface area contributed by atoms with E-state index in [1.807, 2.05) is 13.0 Å². The molecule has 5 nitrogen and oxygen atoms in total. The molecule has 0 atom stereocenters. The van der Waals surface area contributed by atoms with E-state index in [9.17, 15) is 0 Å². The van der Waals surface area contributed by atoms with Crippen molar-refractivity contribution in [2.75, 3.05) is 5.73 Å². The predicted octanol–water partition coefficient (Wildman–Crippen LogP) is 1.60. The monoisotopic (exact) mass is 223 g/mol. The molecule has 0 radical (unpaired) electrons. The van der Waals surface area contributed by atoms with Gasteiger partial charge in [-0.3, -0.25) is 0 Å². The average molecular weight is 224 g/mol. The average Bonchev–Trinajstić information content (AvgIpc) is 2.70. The number of benzene rings is 1. The van der Waals surface area contributed by atoms with Crippen LogP contribution in [0.1, 0.15) is 6.92 Å². The van der Waals surface area contributed by atoms with Gasteiger partial charge < -0.3 is 5.73 Å². The van der Waals surface area contributed by atoms with Crippen LogP contribution in [0.15, 0.2) is 18.2 Å². The molecule has 1 heterocycles. The van der Waals surface area contributed by atoms with E-state index in [-0.39, 0.29) is 0 Å². The van der Waals surface area contributed by atoms with Crippen molar-refractivity contribution in [1.82, 2.24) is 20.2 Å². The third-order valence-electron chi connectivity index (χ3n) is 2.09. The van der Waals surface area contributed by atoms with Crippen LogP contribution in [-0.4, -0.2) is 20.2 Å². The molecule has 2 aromatic rings. The Hall–Kier alpha value is -1.62. The molecule has 0 saturated heterocycles. The van der Waals surface area contributed by atoms with Crippen LogP contribution in [0.25, 0.3) is 11.4 Å². The van der Waals surface area contributed by atoms with Crippen molar-refractivity contribution in [3.63, 3.8) is 0 Å². The van der Waals surface area contributed by atoms with Gasteiger partial charge in [0.25, 0.3) is 0 Å². The maximum absolute atomic E-state index is 5.92. The van der Waals surface area contributed by atoms with Gasteiger partial charge >= 0.3 is 0 Å². The van der Waals surface area contributed by atoms with Crippen LogP contribution in [-0.2, 0) is 6.54 Å². The first-order valence-electron chi connectivity index (χ1n) is 4.54.